The van der Waals surface area contributed by atoms with Gasteiger partial charge < -0.3 is 14.7 Å². The molecular formula is C24H27N5O3. The number of anilines is 1. The summed E-state index contributed by atoms with van der Waals surface area (Å²) in [5.41, 5.74) is 4.72. The molecule has 0 bridgehead atoms. The van der Waals surface area contributed by atoms with Gasteiger partial charge in [-0.15, -0.1) is 0 Å². The van der Waals surface area contributed by atoms with Gasteiger partial charge in [-0.2, -0.15) is 5.10 Å². The topological polar surface area (TPSA) is 93.4 Å². The van der Waals surface area contributed by atoms with E-state index in [1.807, 2.05) is 35.6 Å². The van der Waals surface area contributed by atoms with Gasteiger partial charge in [0.25, 0.3) is 0 Å². The molecule has 166 valence electrons. The molecule has 2 aliphatic rings. The normalized spacial score (nSPS) is 17.8. The predicted octanol–water partition coefficient (Wildman–Crippen LogP) is 3.69. The maximum Gasteiger partial charge on any atom is 0.321 e. The van der Waals surface area contributed by atoms with Gasteiger partial charge in [0.05, 0.1) is 25.0 Å². The summed E-state index contributed by atoms with van der Waals surface area (Å²) in [5.74, 6) is 1.24. The van der Waals surface area contributed by atoms with Crippen molar-refractivity contribution in [2.45, 2.75) is 58.0 Å². The van der Waals surface area contributed by atoms with Crippen LogP contribution in [0.4, 0.5) is 5.69 Å². The van der Waals surface area contributed by atoms with Crippen LogP contribution in [0.25, 0.3) is 11.1 Å². The van der Waals surface area contributed by atoms with E-state index in [1.54, 1.807) is 17.8 Å². The second kappa shape index (κ2) is 8.35. The molecule has 3 heterocycles. The average Bonchev–Trinajstić information content (AvgIpc) is 3.53. The van der Waals surface area contributed by atoms with Gasteiger partial charge >= 0.3 is 6.01 Å². The van der Waals surface area contributed by atoms with Crippen molar-refractivity contribution >= 4 is 11.6 Å². The molecule has 5 rings (SSSR count). The van der Waals surface area contributed by atoms with E-state index in [1.165, 1.54) is 12.8 Å². The molecule has 1 saturated carbocycles. The van der Waals surface area contributed by atoms with E-state index < -0.39 is 0 Å². The number of nitrogens with zero attached hydrogens (tertiary/aromatic N) is 5. The molecular weight excluding hydrogens is 406 g/mol. The molecule has 32 heavy (non-hydrogen) atoms. The van der Waals surface area contributed by atoms with Crippen LogP contribution in [0.3, 0.4) is 0 Å². The lowest BCUT2D eigenvalue weighted by Crippen LogP contribution is -2.40. The first-order valence-electron chi connectivity index (χ1n) is 11.1. The maximum atomic E-state index is 12.4. The Bertz CT molecular complexity index is 1140. The lowest BCUT2D eigenvalue weighted by Gasteiger charge is -2.35. The van der Waals surface area contributed by atoms with Gasteiger partial charge in [0, 0.05) is 48.2 Å². The van der Waals surface area contributed by atoms with Gasteiger partial charge in [-0.1, -0.05) is 0 Å². The van der Waals surface area contributed by atoms with Crippen LogP contribution in [0.15, 0.2) is 36.9 Å². The number of benzene rings is 1. The van der Waals surface area contributed by atoms with Crippen molar-refractivity contribution in [3.05, 3.63) is 48.0 Å². The zero-order valence-electron chi connectivity index (χ0n) is 18.4. The quantitative estimate of drug-likeness (QED) is 0.637. The number of aromatic nitrogens is 4. The highest BCUT2D eigenvalue weighted by molar-refractivity contribution is 5.95. The minimum atomic E-state index is 0.0120. The molecule has 8 nitrogen and oxygen atoms in total. The van der Waals surface area contributed by atoms with E-state index in [-0.39, 0.29) is 18.6 Å². The largest absolute Gasteiger partial charge is 0.423 e. The van der Waals surface area contributed by atoms with Crippen LogP contribution in [0, 0.1) is 0 Å². The number of aliphatic hydroxyl groups excluding tert-OH is 1. The lowest BCUT2D eigenvalue weighted by atomic mass is 9.92. The summed E-state index contributed by atoms with van der Waals surface area (Å²) >= 11 is 0. The van der Waals surface area contributed by atoms with Crippen molar-refractivity contribution in [1.29, 1.82) is 0 Å². The highest BCUT2D eigenvalue weighted by Crippen LogP contribution is 2.44. The number of aliphatic hydroxyl groups is 1. The number of hydrogen-bond acceptors (Lipinski definition) is 6. The Balaban J connectivity index is 1.59. The Hall–Kier alpha value is -3.26. The summed E-state index contributed by atoms with van der Waals surface area (Å²) in [4.78, 5) is 23.1. The monoisotopic (exact) mass is 433 g/mol. The Kier molecular flexibility index (Phi) is 5.38. The van der Waals surface area contributed by atoms with Crippen molar-refractivity contribution in [3.8, 4) is 22.9 Å². The van der Waals surface area contributed by atoms with Crippen LogP contribution in [0.5, 0.6) is 11.8 Å². The first-order chi connectivity index (χ1) is 15.5. The van der Waals surface area contributed by atoms with Crippen molar-refractivity contribution in [3.63, 3.8) is 0 Å². The van der Waals surface area contributed by atoms with Crippen LogP contribution in [-0.4, -0.2) is 43.4 Å². The molecule has 1 aromatic carbocycles. The zero-order valence-corrected chi connectivity index (χ0v) is 18.4. The van der Waals surface area contributed by atoms with Gasteiger partial charge in [0.1, 0.15) is 5.75 Å². The van der Waals surface area contributed by atoms with Gasteiger partial charge in [0.2, 0.25) is 5.91 Å². The molecule has 0 saturated heterocycles. The number of amides is 1. The van der Waals surface area contributed by atoms with Crippen molar-refractivity contribution in [1.82, 2.24) is 19.7 Å². The first-order valence-corrected chi connectivity index (χ1v) is 11.1. The lowest BCUT2D eigenvalue weighted by molar-refractivity contribution is -0.117. The number of fused-ring (bicyclic) bond motifs is 1. The molecule has 1 N–H and O–H groups in total. The van der Waals surface area contributed by atoms with Crippen LogP contribution < -0.4 is 9.64 Å². The van der Waals surface area contributed by atoms with E-state index >= 15 is 0 Å². The predicted molar refractivity (Wildman–Crippen MR) is 120 cm³/mol. The fraction of sp³-hybridized carbons (Fsp3) is 0.417. The van der Waals surface area contributed by atoms with E-state index in [0.717, 1.165) is 40.8 Å². The number of rotatable bonds is 6. The first kappa shape index (κ1) is 20.6. The molecule has 1 amide bonds. The summed E-state index contributed by atoms with van der Waals surface area (Å²) in [5, 5.41) is 13.6. The highest BCUT2D eigenvalue weighted by Gasteiger charge is 2.31. The van der Waals surface area contributed by atoms with Crippen molar-refractivity contribution in [2.75, 3.05) is 11.5 Å². The van der Waals surface area contributed by atoms with E-state index in [4.69, 9.17) is 4.74 Å². The summed E-state index contributed by atoms with van der Waals surface area (Å²) in [7, 11) is 0. The Morgan fingerprint density at radius 3 is 2.66 bits per heavy atom. The number of hydrogen-bond donors (Lipinski definition) is 1. The second-order valence-electron chi connectivity index (χ2n) is 8.61. The number of ether oxygens (including phenoxy) is 1. The minimum absolute atomic E-state index is 0.0120. The molecule has 3 aromatic rings. The third-order valence-corrected chi connectivity index (χ3v) is 6.25. The molecule has 2 aromatic heterocycles. The maximum absolute atomic E-state index is 12.4. The summed E-state index contributed by atoms with van der Waals surface area (Å²) in [6.07, 6.45) is 11.3. The third-order valence-electron chi connectivity index (χ3n) is 6.25. The van der Waals surface area contributed by atoms with E-state index in [9.17, 15) is 9.90 Å². The summed E-state index contributed by atoms with van der Waals surface area (Å²) in [6, 6.07) is 4.36. The molecule has 1 aliphatic heterocycles. The van der Waals surface area contributed by atoms with E-state index in [0.29, 0.717) is 24.2 Å². The van der Waals surface area contributed by atoms with Crippen molar-refractivity contribution in [2.24, 2.45) is 0 Å². The molecule has 1 atom stereocenters. The Morgan fingerprint density at radius 2 is 1.97 bits per heavy atom. The molecule has 0 radical (unpaired) electrons. The molecule has 1 fully saturated rings. The van der Waals surface area contributed by atoms with Crippen LogP contribution in [0.2, 0.25) is 0 Å². The van der Waals surface area contributed by atoms with Crippen LogP contribution >= 0.6 is 0 Å². The van der Waals surface area contributed by atoms with Gasteiger partial charge in [0.15, 0.2) is 0 Å². The summed E-state index contributed by atoms with van der Waals surface area (Å²) in [6.45, 7) is 4.10. The zero-order chi connectivity index (χ0) is 22.2. The minimum Gasteiger partial charge on any atom is -0.423 e. The van der Waals surface area contributed by atoms with Gasteiger partial charge in [-0.3, -0.25) is 9.48 Å². The Morgan fingerprint density at radius 1 is 1.19 bits per heavy atom. The van der Waals surface area contributed by atoms with Crippen molar-refractivity contribution < 1.29 is 14.6 Å². The third kappa shape index (κ3) is 3.86. The molecule has 0 unspecified atom stereocenters. The number of carbonyl (C=O) groups excluding carboxylic acids is 1. The SMILES string of the molecule is CC(=O)N1c2ccc(-c3cnn(CCO)c3)c(Oc3ncc(C4CC4)cn3)c2CC[C@@H]1C. The van der Waals surface area contributed by atoms with E-state index in [2.05, 4.69) is 22.0 Å². The fourth-order valence-corrected chi connectivity index (χ4v) is 4.45. The second-order valence-corrected chi connectivity index (χ2v) is 8.61. The van der Waals surface area contributed by atoms with Gasteiger partial charge in [-0.05, 0) is 56.2 Å². The van der Waals surface area contributed by atoms with Gasteiger partial charge in [-0.25, -0.2) is 9.97 Å². The average molecular weight is 434 g/mol. The highest BCUT2D eigenvalue weighted by atomic mass is 16.5. The molecule has 1 aliphatic carbocycles. The molecule has 8 heteroatoms. The Labute approximate surface area is 186 Å². The number of carbonyl (C=O) groups is 1. The smallest absolute Gasteiger partial charge is 0.321 e. The van der Waals surface area contributed by atoms with Crippen LogP contribution in [0.1, 0.15) is 50.2 Å². The summed E-state index contributed by atoms with van der Waals surface area (Å²) < 4.78 is 8.00. The fourth-order valence-electron chi connectivity index (χ4n) is 4.45. The standard InChI is InChI=1S/C24H27N5O3/c1-15-3-6-21-22(29(15)16(2)31)8-7-20(19-13-27-28(14-19)9-10-30)23(21)32-24-25-11-18(12-26-24)17-4-5-17/h7-8,11-15,17,30H,3-6,9-10H2,1-2H3/t15-/m0/s1. The molecule has 0 spiro atoms. The van der Waals surface area contributed by atoms with Crippen LogP contribution in [-0.2, 0) is 17.8 Å².